The summed E-state index contributed by atoms with van der Waals surface area (Å²) >= 11 is 0. The molecule has 1 atom stereocenters. The first kappa shape index (κ1) is 17.9. The fraction of sp³-hybridized carbons (Fsp3) is 0.632. The van der Waals surface area contributed by atoms with Crippen LogP contribution in [0.5, 0.6) is 0 Å². The maximum Gasteiger partial charge on any atom is 0.251 e. The van der Waals surface area contributed by atoms with E-state index in [0.717, 1.165) is 25.8 Å². The summed E-state index contributed by atoms with van der Waals surface area (Å²) in [5, 5.41) is 3.17. The van der Waals surface area contributed by atoms with Crippen LogP contribution in [0.25, 0.3) is 0 Å². The molecule has 4 aliphatic rings. The number of hydrogen-bond acceptors (Lipinski definition) is 3. The molecule has 4 heterocycles. The minimum atomic E-state index is -3.44. The zero-order valence-corrected chi connectivity index (χ0v) is 15.9. The molecule has 0 radical (unpaired) electrons. The summed E-state index contributed by atoms with van der Waals surface area (Å²) in [6.45, 7) is 4.64. The molecule has 2 bridgehead atoms. The Bertz CT molecular complexity index is 749. The number of nitrogens with zero attached hydrogens (tertiary/aromatic N) is 1. The number of quaternary nitrogens is 1. The standard InChI is InChI=1S/C19H27N3O3S/c23-19(20-18-14-21-12-8-15(18)9-13-21)16-4-6-17(7-5-16)26(24,25)22-10-2-1-3-11-22/h4-7,15,18H,1-3,8-14H2,(H,20,23)/p+1/t18-/m1/s1. The highest BCUT2D eigenvalue weighted by molar-refractivity contribution is 7.89. The highest BCUT2D eigenvalue weighted by Gasteiger charge is 2.38. The maximum absolute atomic E-state index is 12.7. The smallest absolute Gasteiger partial charge is 0.251 e. The fourth-order valence-electron chi connectivity index (χ4n) is 4.59. The lowest BCUT2D eigenvalue weighted by Gasteiger charge is -2.42. The van der Waals surface area contributed by atoms with Gasteiger partial charge in [0.25, 0.3) is 5.91 Å². The van der Waals surface area contributed by atoms with Crippen molar-refractivity contribution in [3.8, 4) is 0 Å². The lowest BCUT2D eigenvalue weighted by molar-refractivity contribution is -0.917. The van der Waals surface area contributed by atoms with E-state index in [2.05, 4.69) is 5.32 Å². The quantitative estimate of drug-likeness (QED) is 0.790. The van der Waals surface area contributed by atoms with Gasteiger partial charge in [0.15, 0.2) is 0 Å². The van der Waals surface area contributed by atoms with Gasteiger partial charge in [0.05, 0.1) is 30.6 Å². The molecule has 0 aliphatic carbocycles. The molecule has 1 amide bonds. The van der Waals surface area contributed by atoms with Crippen molar-refractivity contribution < 1.29 is 18.1 Å². The van der Waals surface area contributed by atoms with Gasteiger partial charge in [-0.3, -0.25) is 4.79 Å². The van der Waals surface area contributed by atoms with E-state index >= 15 is 0 Å². The lowest BCUT2D eigenvalue weighted by atomic mass is 9.84. The first-order valence-corrected chi connectivity index (χ1v) is 11.2. The van der Waals surface area contributed by atoms with Gasteiger partial charge in [-0.05, 0) is 43.0 Å². The van der Waals surface area contributed by atoms with E-state index in [1.54, 1.807) is 33.5 Å². The van der Waals surface area contributed by atoms with Crippen molar-refractivity contribution in [3.05, 3.63) is 29.8 Å². The number of sulfonamides is 1. The molecule has 1 aromatic rings. The zero-order chi connectivity index (χ0) is 18.1. The van der Waals surface area contributed by atoms with Crippen LogP contribution in [0.3, 0.4) is 0 Å². The molecular formula is C19H28N3O3S+. The van der Waals surface area contributed by atoms with Gasteiger partial charge in [-0.1, -0.05) is 6.42 Å². The molecule has 5 rings (SSSR count). The molecule has 0 saturated carbocycles. The second kappa shape index (κ2) is 7.29. The molecule has 6 nitrogen and oxygen atoms in total. The van der Waals surface area contributed by atoms with Gasteiger partial charge in [0, 0.05) is 31.5 Å². The summed E-state index contributed by atoms with van der Waals surface area (Å²) < 4.78 is 26.9. The largest absolute Gasteiger partial charge is 0.343 e. The second-order valence-corrected chi connectivity index (χ2v) is 9.80. The Hall–Kier alpha value is -1.44. The Kier molecular flexibility index (Phi) is 5.03. The lowest BCUT2D eigenvalue weighted by Crippen LogP contribution is -3.17. The first-order valence-electron chi connectivity index (χ1n) is 9.79. The fourth-order valence-corrected chi connectivity index (χ4v) is 6.10. The predicted molar refractivity (Wildman–Crippen MR) is 98.6 cm³/mol. The topological polar surface area (TPSA) is 70.9 Å². The number of carbonyl (C=O) groups excluding carboxylic acids is 1. The van der Waals surface area contributed by atoms with Crippen LogP contribution in [0, 0.1) is 5.92 Å². The van der Waals surface area contributed by atoms with E-state index in [0.29, 0.717) is 24.6 Å². The van der Waals surface area contributed by atoms with E-state index < -0.39 is 10.0 Å². The molecule has 4 aliphatic heterocycles. The van der Waals surface area contributed by atoms with Crippen molar-refractivity contribution in [1.82, 2.24) is 9.62 Å². The van der Waals surface area contributed by atoms with Crippen LogP contribution < -0.4 is 10.2 Å². The third-order valence-corrected chi connectivity index (χ3v) is 8.11. The Morgan fingerprint density at radius 3 is 2.27 bits per heavy atom. The van der Waals surface area contributed by atoms with Crippen LogP contribution in [0.2, 0.25) is 0 Å². The maximum atomic E-state index is 12.7. The Balaban J connectivity index is 1.43. The van der Waals surface area contributed by atoms with E-state index in [9.17, 15) is 13.2 Å². The molecular weight excluding hydrogens is 350 g/mol. The second-order valence-electron chi connectivity index (χ2n) is 7.86. The first-order chi connectivity index (χ1) is 12.5. The predicted octanol–water partition coefficient (Wildman–Crippen LogP) is 0.268. The normalized spacial score (nSPS) is 29.5. The number of benzene rings is 1. The number of nitrogens with one attached hydrogen (secondary N) is 2. The van der Waals surface area contributed by atoms with E-state index in [1.165, 1.54) is 25.9 Å². The molecule has 142 valence electrons. The zero-order valence-electron chi connectivity index (χ0n) is 15.1. The molecule has 4 saturated heterocycles. The van der Waals surface area contributed by atoms with E-state index in [4.69, 9.17) is 0 Å². The summed E-state index contributed by atoms with van der Waals surface area (Å²) in [4.78, 5) is 14.4. The molecule has 0 unspecified atom stereocenters. The van der Waals surface area contributed by atoms with Crippen LogP contribution in [0.4, 0.5) is 0 Å². The number of rotatable bonds is 4. The Morgan fingerprint density at radius 2 is 1.69 bits per heavy atom. The highest BCUT2D eigenvalue weighted by atomic mass is 32.2. The van der Waals surface area contributed by atoms with E-state index in [1.807, 2.05) is 0 Å². The van der Waals surface area contributed by atoms with Crippen molar-refractivity contribution in [1.29, 1.82) is 0 Å². The molecule has 1 aromatic carbocycles. The highest BCUT2D eigenvalue weighted by Crippen LogP contribution is 2.22. The molecule has 26 heavy (non-hydrogen) atoms. The number of carbonyl (C=O) groups is 1. The Labute approximate surface area is 155 Å². The summed E-state index contributed by atoms with van der Waals surface area (Å²) in [6.07, 6.45) is 5.30. The third kappa shape index (κ3) is 3.52. The van der Waals surface area contributed by atoms with Crippen LogP contribution in [-0.4, -0.2) is 57.4 Å². The van der Waals surface area contributed by atoms with Crippen LogP contribution in [0.1, 0.15) is 42.5 Å². The van der Waals surface area contributed by atoms with Gasteiger partial charge in [0.1, 0.15) is 0 Å². The minimum Gasteiger partial charge on any atom is -0.343 e. The molecule has 0 aromatic heterocycles. The molecule has 0 spiro atoms. The molecule has 2 N–H and O–H groups in total. The molecule has 7 heteroatoms. The number of hydrogen-bond donors (Lipinski definition) is 2. The summed E-state index contributed by atoms with van der Waals surface area (Å²) in [5.41, 5.74) is 0.536. The Morgan fingerprint density at radius 1 is 1.04 bits per heavy atom. The van der Waals surface area contributed by atoms with Crippen molar-refractivity contribution >= 4 is 15.9 Å². The summed E-state index contributed by atoms with van der Waals surface area (Å²) in [5.74, 6) is 0.500. The van der Waals surface area contributed by atoms with E-state index in [-0.39, 0.29) is 16.8 Å². The van der Waals surface area contributed by atoms with Gasteiger partial charge in [-0.2, -0.15) is 4.31 Å². The SMILES string of the molecule is O=C(N[C@@H]1C[NH+]2CCC1CC2)c1ccc(S(=O)(=O)N2CCCCC2)cc1. The van der Waals surface area contributed by atoms with Gasteiger partial charge >= 0.3 is 0 Å². The van der Waals surface area contributed by atoms with Crippen LogP contribution in [-0.2, 0) is 10.0 Å². The van der Waals surface area contributed by atoms with Gasteiger partial charge < -0.3 is 10.2 Å². The summed E-state index contributed by atoms with van der Waals surface area (Å²) in [6, 6.07) is 6.67. The van der Waals surface area contributed by atoms with Gasteiger partial charge in [-0.15, -0.1) is 0 Å². The monoisotopic (exact) mass is 378 g/mol. The van der Waals surface area contributed by atoms with Crippen molar-refractivity contribution in [2.45, 2.75) is 43.0 Å². The van der Waals surface area contributed by atoms with Crippen molar-refractivity contribution in [2.75, 3.05) is 32.7 Å². The summed E-state index contributed by atoms with van der Waals surface area (Å²) in [7, 11) is -3.44. The molecule has 4 fully saturated rings. The number of amides is 1. The van der Waals surface area contributed by atoms with Crippen LogP contribution >= 0.6 is 0 Å². The van der Waals surface area contributed by atoms with Gasteiger partial charge in [0.2, 0.25) is 10.0 Å². The van der Waals surface area contributed by atoms with Crippen molar-refractivity contribution in [2.24, 2.45) is 5.92 Å². The van der Waals surface area contributed by atoms with Crippen LogP contribution in [0.15, 0.2) is 29.2 Å². The van der Waals surface area contributed by atoms with Crippen molar-refractivity contribution in [3.63, 3.8) is 0 Å². The number of fused-ring (bicyclic) bond motifs is 3. The van der Waals surface area contributed by atoms with Gasteiger partial charge in [-0.25, -0.2) is 8.42 Å². The third-order valence-electron chi connectivity index (χ3n) is 6.20. The number of piperidine rings is 4. The minimum absolute atomic E-state index is 0.0925. The average Bonchev–Trinajstić information content (AvgIpc) is 2.69. The average molecular weight is 379 g/mol.